The van der Waals surface area contributed by atoms with Gasteiger partial charge in [0.1, 0.15) is 6.61 Å². The van der Waals surface area contributed by atoms with E-state index >= 15 is 0 Å². The number of aliphatic hydroxyl groups is 1. The van der Waals surface area contributed by atoms with E-state index < -0.39 is 5.60 Å². The summed E-state index contributed by atoms with van der Waals surface area (Å²) in [6, 6.07) is 9.34. The molecule has 2 heterocycles. The predicted octanol–water partition coefficient (Wildman–Crippen LogP) is 3.27. The van der Waals surface area contributed by atoms with Gasteiger partial charge >= 0.3 is 6.09 Å². The van der Waals surface area contributed by atoms with E-state index in [-0.39, 0.29) is 24.8 Å². The molecule has 1 N–H and O–H groups in total. The molecule has 5 heteroatoms. The molecule has 2 atom stereocenters. The summed E-state index contributed by atoms with van der Waals surface area (Å²) < 4.78 is 11.2. The fraction of sp³-hybridized carbons (Fsp3) is 0.550. The Morgan fingerprint density at radius 2 is 1.80 bits per heavy atom. The maximum absolute atomic E-state index is 12.7. The molecule has 2 fully saturated rings. The van der Waals surface area contributed by atoms with Gasteiger partial charge in [0, 0.05) is 12.8 Å². The van der Waals surface area contributed by atoms with Gasteiger partial charge in [-0.1, -0.05) is 35.9 Å². The molecule has 0 saturated carbocycles. The molecule has 1 amide bonds. The summed E-state index contributed by atoms with van der Waals surface area (Å²) in [7, 11) is 0. The first-order valence-electron chi connectivity index (χ1n) is 8.84. The first-order chi connectivity index (χ1) is 11.9. The highest BCUT2D eigenvalue weighted by atomic mass is 16.6. The van der Waals surface area contributed by atoms with Crippen molar-refractivity contribution in [3.63, 3.8) is 0 Å². The zero-order valence-electron chi connectivity index (χ0n) is 15.2. The van der Waals surface area contributed by atoms with Crippen molar-refractivity contribution in [2.24, 2.45) is 0 Å². The van der Waals surface area contributed by atoms with Crippen LogP contribution in [0.25, 0.3) is 0 Å². The van der Waals surface area contributed by atoms with Gasteiger partial charge in [-0.25, -0.2) is 4.79 Å². The third kappa shape index (κ3) is 3.72. The largest absolute Gasteiger partial charge is 0.445 e. The standard InChI is InChI=1S/C20H27NO4/c1-14(2)15(3)20(23)9-17-12-24-13-18(10-20)21(17)19(22)25-11-16-7-5-4-6-8-16/h4-8,17-18,23H,9-13H2,1-3H3. The quantitative estimate of drug-likeness (QED) is 0.854. The molecule has 2 aliphatic rings. The molecule has 1 aromatic rings. The number of nitrogens with zero attached hydrogens (tertiary/aromatic N) is 1. The summed E-state index contributed by atoms with van der Waals surface area (Å²) in [5, 5.41) is 11.1. The number of morpholine rings is 1. The number of fused-ring (bicyclic) bond motifs is 2. The van der Waals surface area contributed by atoms with Crippen LogP contribution in [0.1, 0.15) is 39.2 Å². The topological polar surface area (TPSA) is 59.0 Å². The third-order valence-corrected chi connectivity index (χ3v) is 5.42. The van der Waals surface area contributed by atoms with Crippen molar-refractivity contribution in [3.8, 4) is 0 Å². The zero-order valence-corrected chi connectivity index (χ0v) is 15.2. The number of carbonyl (C=O) groups excluding carboxylic acids is 1. The highest BCUT2D eigenvalue weighted by Gasteiger charge is 2.49. The Kier molecular flexibility index (Phi) is 5.16. The van der Waals surface area contributed by atoms with E-state index in [0.717, 1.165) is 16.7 Å². The Morgan fingerprint density at radius 1 is 1.20 bits per heavy atom. The smallest absolute Gasteiger partial charge is 0.410 e. The van der Waals surface area contributed by atoms with Gasteiger partial charge in [0.05, 0.1) is 30.9 Å². The Bertz CT molecular complexity index is 637. The van der Waals surface area contributed by atoms with Crippen LogP contribution in [0.5, 0.6) is 0 Å². The number of carbonyl (C=O) groups is 1. The van der Waals surface area contributed by atoms with Crippen LogP contribution in [0.2, 0.25) is 0 Å². The average Bonchev–Trinajstić information content (AvgIpc) is 2.59. The van der Waals surface area contributed by atoms with Gasteiger partial charge in [-0.05, 0) is 31.9 Å². The van der Waals surface area contributed by atoms with Crippen molar-refractivity contribution in [1.82, 2.24) is 4.90 Å². The fourth-order valence-corrected chi connectivity index (χ4v) is 3.84. The van der Waals surface area contributed by atoms with Crippen LogP contribution in [0.3, 0.4) is 0 Å². The van der Waals surface area contributed by atoms with Gasteiger partial charge in [-0.15, -0.1) is 0 Å². The molecule has 0 spiro atoms. The maximum atomic E-state index is 12.7. The van der Waals surface area contributed by atoms with Crippen LogP contribution < -0.4 is 0 Å². The lowest BCUT2D eigenvalue weighted by atomic mass is 9.76. The highest BCUT2D eigenvalue weighted by molar-refractivity contribution is 5.69. The Balaban J connectivity index is 1.71. The number of ether oxygens (including phenoxy) is 2. The Labute approximate surface area is 149 Å². The number of hydrogen-bond donors (Lipinski definition) is 1. The molecule has 0 aromatic heterocycles. The number of allylic oxidation sites excluding steroid dienone is 1. The second kappa shape index (κ2) is 7.18. The zero-order chi connectivity index (χ0) is 18.0. The molecule has 2 unspecified atom stereocenters. The molecule has 1 aromatic carbocycles. The fourth-order valence-electron chi connectivity index (χ4n) is 3.84. The first-order valence-corrected chi connectivity index (χ1v) is 8.84. The number of hydrogen-bond acceptors (Lipinski definition) is 4. The van der Waals surface area contributed by atoms with Crippen LogP contribution in [0, 0.1) is 0 Å². The van der Waals surface area contributed by atoms with Crippen molar-refractivity contribution < 1.29 is 19.4 Å². The summed E-state index contributed by atoms with van der Waals surface area (Å²) in [5.41, 5.74) is 2.23. The van der Waals surface area contributed by atoms with E-state index in [1.54, 1.807) is 4.90 Å². The van der Waals surface area contributed by atoms with E-state index in [1.165, 1.54) is 0 Å². The van der Waals surface area contributed by atoms with Crippen LogP contribution >= 0.6 is 0 Å². The molecular weight excluding hydrogens is 318 g/mol. The van der Waals surface area contributed by atoms with Crippen LogP contribution in [0.15, 0.2) is 41.5 Å². The average molecular weight is 345 g/mol. The number of piperidine rings is 1. The monoisotopic (exact) mass is 345 g/mol. The Morgan fingerprint density at radius 3 is 2.36 bits per heavy atom. The molecule has 5 nitrogen and oxygen atoms in total. The second-order valence-electron chi connectivity index (χ2n) is 7.36. The summed E-state index contributed by atoms with van der Waals surface area (Å²) in [5.74, 6) is 0. The molecule has 2 aliphatic heterocycles. The second-order valence-corrected chi connectivity index (χ2v) is 7.36. The van der Waals surface area contributed by atoms with E-state index in [1.807, 2.05) is 51.1 Å². The minimum Gasteiger partial charge on any atom is -0.445 e. The molecule has 25 heavy (non-hydrogen) atoms. The van der Waals surface area contributed by atoms with Crippen LogP contribution in [0.4, 0.5) is 4.79 Å². The van der Waals surface area contributed by atoms with E-state index in [9.17, 15) is 9.90 Å². The molecular formula is C20H27NO4. The molecule has 2 bridgehead atoms. The van der Waals surface area contributed by atoms with Crippen molar-refractivity contribution in [2.45, 2.75) is 57.9 Å². The van der Waals surface area contributed by atoms with Crippen molar-refractivity contribution in [2.75, 3.05) is 13.2 Å². The molecule has 0 radical (unpaired) electrons. The lowest BCUT2D eigenvalue weighted by Gasteiger charge is -2.51. The van der Waals surface area contributed by atoms with Crippen molar-refractivity contribution in [1.29, 1.82) is 0 Å². The number of benzene rings is 1. The summed E-state index contributed by atoms with van der Waals surface area (Å²) >= 11 is 0. The van der Waals surface area contributed by atoms with Gasteiger partial charge in [-0.3, -0.25) is 4.90 Å². The van der Waals surface area contributed by atoms with E-state index in [0.29, 0.717) is 26.1 Å². The molecule has 2 saturated heterocycles. The normalized spacial score (nSPS) is 28.4. The number of amides is 1. The van der Waals surface area contributed by atoms with Gasteiger partial charge in [0.2, 0.25) is 0 Å². The van der Waals surface area contributed by atoms with Gasteiger partial charge in [0.25, 0.3) is 0 Å². The third-order valence-electron chi connectivity index (χ3n) is 5.42. The van der Waals surface area contributed by atoms with E-state index in [2.05, 4.69) is 0 Å². The maximum Gasteiger partial charge on any atom is 0.410 e. The lowest BCUT2D eigenvalue weighted by Crippen LogP contribution is -2.63. The van der Waals surface area contributed by atoms with E-state index in [4.69, 9.17) is 9.47 Å². The molecule has 3 rings (SSSR count). The summed E-state index contributed by atoms with van der Waals surface area (Å²) in [6.45, 7) is 7.15. The van der Waals surface area contributed by atoms with Crippen LogP contribution in [-0.2, 0) is 16.1 Å². The van der Waals surface area contributed by atoms with Gasteiger partial charge in [-0.2, -0.15) is 0 Å². The molecule has 136 valence electrons. The number of rotatable bonds is 3. The first kappa shape index (κ1) is 18.0. The highest BCUT2D eigenvalue weighted by Crippen LogP contribution is 2.39. The Hall–Kier alpha value is -1.85. The summed E-state index contributed by atoms with van der Waals surface area (Å²) in [4.78, 5) is 14.4. The van der Waals surface area contributed by atoms with Gasteiger partial charge < -0.3 is 14.6 Å². The summed E-state index contributed by atoms with van der Waals surface area (Å²) in [6.07, 6.45) is 0.654. The minimum absolute atomic E-state index is 0.157. The van der Waals surface area contributed by atoms with Crippen molar-refractivity contribution in [3.05, 3.63) is 47.0 Å². The SMILES string of the molecule is CC(C)=C(C)C1(O)CC2COCC(C1)N2C(=O)OCc1ccccc1. The van der Waals surface area contributed by atoms with Crippen LogP contribution in [-0.4, -0.2) is 47.0 Å². The molecule has 0 aliphatic carbocycles. The van der Waals surface area contributed by atoms with Crippen molar-refractivity contribution >= 4 is 6.09 Å². The lowest BCUT2D eigenvalue weighted by molar-refractivity contribution is -0.121. The van der Waals surface area contributed by atoms with Gasteiger partial charge in [0.15, 0.2) is 0 Å². The predicted molar refractivity (Wildman–Crippen MR) is 95.1 cm³/mol. The minimum atomic E-state index is -0.867.